The average molecular weight is 427 g/mol. The molecule has 0 saturated carbocycles. The second-order valence-electron chi connectivity index (χ2n) is 7.29. The van der Waals surface area contributed by atoms with Crippen LogP contribution in [0, 0.1) is 0 Å². The van der Waals surface area contributed by atoms with E-state index in [4.69, 9.17) is 11.6 Å². The maximum Gasteiger partial charge on any atom is 0.336 e. The van der Waals surface area contributed by atoms with Crippen molar-refractivity contribution in [1.29, 1.82) is 0 Å². The maximum absolute atomic E-state index is 13.4. The van der Waals surface area contributed by atoms with Gasteiger partial charge < -0.3 is 9.80 Å². The Labute approximate surface area is 178 Å². The number of hydrogen-bond acceptors (Lipinski definition) is 4. The number of hydrogen-bond donors (Lipinski definition) is 0. The first-order valence-electron chi connectivity index (χ1n) is 10.0. The van der Waals surface area contributed by atoms with Crippen LogP contribution >= 0.6 is 11.6 Å². The molecular weight excluding hydrogens is 404 g/mol. The Kier molecular flexibility index (Phi) is 5.74. The highest BCUT2D eigenvalue weighted by Crippen LogP contribution is 2.18. The predicted octanol–water partition coefficient (Wildman–Crippen LogP) is 1.97. The molecule has 0 radical (unpaired) electrons. The molecule has 8 heteroatoms. The van der Waals surface area contributed by atoms with Crippen molar-refractivity contribution in [2.45, 2.75) is 13.5 Å². The van der Waals surface area contributed by atoms with E-state index in [9.17, 15) is 14.4 Å². The molecule has 3 aromatic rings. The summed E-state index contributed by atoms with van der Waals surface area (Å²) < 4.78 is 2.42. The van der Waals surface area contributed by atoms with Crippen molar-refractivity contribution < 1.29 is 4.79 Å². The average Bonchev–Trinajstić information content (AvgIpc) is 2.78. The van der Waals surface area contributed by atoms with E-state index in [0.717, 1.165) is 24.2 Å². The Morgan fingerprint density at radius 2 is 1.63 bits per heavy atom. The molecule has 0 N–H and O–H groups in total. The predicted molar refractivity (Wildman–Crippen MR) is 118 cm³/mol. The van der Waals surface area contributed by atoms with Gasteiger partial charge in [0.2, 0.25) is 5.91 Å². The Morgan fingerprint density at radius 3 is 2.33 bits per heavy atom. The molecule has 1 aromatic heterocycles. The number of halogens is 1. The summed E-state index contributed by atoms with van der Waals surface area (Å²) in [6, 6.07) is 13.5. The third-order valence-electron chi connectivity index (χ3n) is 5.61. The number of amides is 1. The molecule has 2 aromatic carbocycles. The first kappa shape index (κ1) is 20.4. The summed E-state index contributed by atoms with van der Waals surface area (Å²) in [4.78, 5) is 43.5. The van der Waals surface area contributed by atoms with Gasteiger partial charge in [0.1, 0.15) is 6.54 Å². The number of fused-ring (bicyclic) bond motifs is 1. The molecule has 1 aliphatic heterocycles. The first-order chi connectivity index (χ1) is 14.5. The van der Waals surface area contributed by atoms with Crippen LogP contribution in [0.25, 0.3) is 16.6 Å². The van der Waals surface area contributed by atoms with Gasteiger partial charge in [0, 0.05) is 26.2 Å². The third kappa shape index (κ3) is 3.66. The van der Waals surface area contributed by atoms with Gasteiger partial charge in [-0.3, -0.25) is 14.2 Å². The number of likely N-dealkylation sites (N-methyl/N-ethyl adjacent to an activating group) is 1. The van der Waals surface area contributed by atoms with E-state index >= 15 is 0 Å². The van der Waals surface area contributed by atoms with Crippen LogP contribution < -0.4 is 11.2 Å². The highest BCUT2D eigenvalue weighted by atomic mass is 35.5. The number of piperazine rings is 1. The fourth-order valence-electron chi connectivity index (χ4n) is 3.87. The fraction of sp³-hybridized carbons (Fsp3) is 0.318. The van der Waals surface area contributed by atoms with Crippen LogP contribution in [0.1, 0.15) is 6.92 Å². The molecule has 0 unspecified atom stereocenters. The molecule has 30 heavy (non-hydrogen) atoms. The molecule has 1 amide bonds. The molecule has 0 aliphatic carbocycles. The minimum Gasteiger partial charge on any atom is -0.339 e. The molecule has 0 spiro atoms. The van der Waals surface area contributed by atoms with E-state index in [1.54, 1.807) is 53.4 Å². The largest absolute Gasteiger partial charge is 0.339 e. The van der Waals surface area contributed by atoms with Gasteiger partial charge in [-0.05, 0) is 30.8 Å². The molecule has 1 saturated heterocycles. The number of carbonyl (C=O) groups excluding carboxylic acids is 1. The van der Waals surface area contributed by atoms with Crippen LogP contribution in [-0.4, -0.2) is 57.6 Å². The summed E-state index contributed by atoms with van der Waals surface area (Å²) >= 11 is 6.27. The van der Waals surface area contributed by atoms with Gasteiger partial charge in [-0.15, -0.1) is 0 Å². The van der Waals surface area contributed by atoms with Crippen molar-refractivity contribution in [1.82, 2.24) is 18.9 Å². The number of benzene rings is 2. The Hall–Kier alpha value is -2.90. The third-order valence-corrected chi connectivity index (χ3v) is 5.93. The lowest BCUT2D eigenvalue weighted by Gasteiger charge is -2.34. The van der Waals surface area contributed by atoms with Crippen LogP contribution in [0.15, 0.2) is 58.1 Å². The SMILES string of the molecule is CCN1CCN(C(=O)Cn2c(=O)n(-c3ccccc3Cl)c(=O)c3ccccc32)CC1. The number of rotatable bonds is 4. The van der Waals surface area contributed by atoms with E-state index in [1.165, 1.54) is 4.57 Å². The molecule has 2 heterocycles. The number of carbonyl (C=O) groups is 1. The van der Waals surface area contributed by atoms with Gasteiger partial charge in [0.05, 0.1) is 21.6 Å². The van der Waals surface area contributed by atoms with Crippen molar-refractivity contribution in [3.63, 3.8) is 0 Å². The highest BCUT2D eigenvalue weighted by molar-refractivity contribution is 6.32. The Morgan fingerprint density at radius 1 is 0.967 bits per heavy atom. The molecule has 7 nitrogen and oxygen atoms in total. The lowest BCUT2D eigenvalue weighted by atomic mass is 10.2. The van der Waals surface area contributed by atoms with E-state index < -0.39 is 11.2 Å². The van der Waals surface area contributed by atoms with Crippen molar-refractivity contribution in [3.8, 4) is 5.69 Å². The van der Waals surface area contributed by atoms with Gasteiger partial charge in [0.25, 0.3) is 5.56 Å². The smallest absolute Gasteiger partial charge is 0.336 e. The zero-order valence-electron chi connectivity index (χ0n) is 16.8. The maximum atomic E-state index is 13.4. The number of aromatic nitrogens is 2. The zero-order valence-corrected chi connectivity index (χ0v) is 17.5. The van der Waals surface area contributed by atoms with Crippen LogP contribution in [0.4, 0.5) is 0 Å². The van der Waals surface area contributed by atoms with Crippen LogP contribution in [0.2, 0.25) is 5.02 Å². The lowest BCUT2D eigenvalue weighted by Crippen LogP contribution is -2.50. The second kappa shape index (κ2) is 8.45. The van der Waals surface area contributed by atoms with Crippen molar-refractivity contribution in [2.24, 2.45) is 0 Å². The second-order valence-corrected chi connectivity index (χ2v) is 7.70. The van der Waals surface area contributed by atoms with Gasteiger partial charge >= 0.3 is 5.69 Å². The van der Waals surface area contributed by atoms with E-state index in [0.29, 0.717) is 34.7 Å². The van der Waals surface area contributed by atoms with Crippen molar-refractivity contribution in [3.05, 3.63) is 74.4 Å². The normalized spacial score (nSPS) is 14.9. The molecule has 1 aliphatic rings. The summed E-state index contributed by atoms with van der Waals surface area (Å²) in [6.45, 7) is 5.81. The molecule has 0 bridgehead atoms. The van der Waals surface area contributed by atoms with Crippen LogP contribution in [0.3, 0.4) is 0 Å². The van der Waals surface area contributed by atoms with Gasteiger partial charge in [-0.2, -0.15) is 0 Å². The summed E-state index contributed by atoms with van der Waals surface area (Å²) in [5.41, 5.74) is -0.287. The summed E-state index contributed by atoms with van der Waals surface area (Å²) in [6.07, 6.45) is 0. The van der Waals surface area contributed by atoms with Crippen LogP contribution in [0.5, 0.6) is 0 Å². The van der Waals surface area contributed by atoms with E-state index in [1.807, 2.05) is 0 Å². The highest BCUT2D eigenvalue weighted by Gasteiger charge is 2.23. The van der Waals surface area contributed by atoms with E-state index in [2.05, 4.69) is 11.8 Å². The fourth-order valence-corrected chi connectivity index (χ4v) is 4.09. The number of nitrogens with zero attached hydrogens (tertiary/aromatic N) is 4. The minimum atomic E-state index is -0.577. The first-order valence-corrected chi connectivity index (χ1v) is 10.4. The van der Waals surface area contributed by atoms with E-state index in [-0.39, 0.29) is 12.5 Å². The quantitative estimate of drug-likeness (QED) is 0.639. The standard InChI is InChI=1S/C22H23ClN4O3/c1-2-24-11-13-25(14-12-24)20(28)15-26-18-9-5-3-7-16(18)21(29)27(22(26)30)19-10-6-4-8-17(19)23/h3-10H,2,11-15H2,1H3. The lowest BCUT2D eigenvalue weighted by molar-refractivity contribution is -0.133. The van der Waals surface area contributed by atoms with Gasteiger partial charge in [-0.1, -0.05) is 42.8 Å². The number of para-hydroxylation sites is 2. The summed E-state index contributed by atoms with van der Waals surface area (Å²) in [5, 5.41) is 0.654. The molecule has 1 fully saturated rings. The Bertz CT molecular complexity index is 1210. The van der Waals surface area contributed by atoms with Gasteiger partial charge in [-0.25, -0.2) is 9.36 Å². The molecular formula is C22H23ClN4O3. The zero-order chi connectivity index (χ0) is 21.3. The molecule has 4 rings (SSSR count). The van der Waals surface area contributed by atoms with Crippen molar-refractivity contribution >= 4 is 28.4 Å². The monoisotopic (exact) mass is 426 g/mol. The van der Waals surface area contributed by atoms with Crippen molar-refractivity contribution in [2.75, 3.05) is 32.7 Å². The van der Waals surface area contributed by atoms with Gasteiger partial charge in [0.15, 0.2) is 0 Å². The molecule has 0 atom stereocenters. The summed E-state index contributed by atoms with van der Waals surface area (Å²) in [7, 11) is 0. The minimum absolute atomic E-state index is 0.129. The molecule has 156 valence electrons. The Balaban J connectivity index is 1.80. The summed E-state index contributed by atoms with van der Waals surface area (Å²) in [5.74, 6) is -0.137. The van der Waals surface area contributed by atoms with Crippen LogP contribution in [-0.2, 0) is 11.3 Å². The topological polar surface area (TPSA) is 67.5 Å².